The van der Waals surface area contributed by atoms with Crippen molar-refractivity contribution in [3.63, 3.8) is 0 Å². The van der Waals surface area contributed by atoms with E-state index in [0.29, 0.717) is 31.9 Å². The van der Waals surface area contributed by atoms with Gasteiger partial charge in [0.2, 0.25) is 0 Å². The highest BCUT2D eigenvalue weighted by Gasteiger charge is 2.47. The van der Waals surface area contributed by atoms with Gasteiger partial charge in [0.25, 0.3) is 11.7 Å². The van der Waals surface area contributed by atoms with Gasteiger partial charge in [0.1, 0.15) is 29.1 Å². The van der Waals surface area contributed by atoms with E-state index in [-0.39, 0.29) is 16.9 Å². The van der Waals surface area contributed by atoms with Gasteiger partial charge in [0.05, 0.1) is 37.7 Å². The number of benzene rings is 1. The van der Waals surface area contributed by atoms with Crippen LogP contribution >= 0.6 is 0 Å². The van der Waals surface area contributed by atoms with Gasteiger partial charge in [-0.2, -0.15) is 0 Å². The number of furan rings is 1. The molecule has 0 spiro atoms. The predicted molar refractivity (Wildman–Crippen MR) is 113 cm³/mol. The minimum absolute atomic E-state index is 0.00428. The van der Waals surface area contributed by atoms with Crippen LogP contribution < -0.4 is 4.74 Å². The number of nitrogens with zero attached hydrogens (tertiary/aromatic N) is 2. The lowest BCUT2D eigenvalue weighted by Crippen LogP contribution is -2.38. The predicted octanol–water partition coefficient (Wildman–Crippen LogP) is 2.57. The Labute approximate surface area is 184 Å². The van der Waals surface area contributed by atoms with E-state index in [9.17, 15) is 19.1 Å². The van der Waals surface area contributed by atoms with Gasteiger partial charge < -0.3 is 23.9 Å². The molecule has 2 aliphatic rings. The fraction of sp³-hybridized carbons (Fsp3) is 0.391. The average molecular weight is 444 g/mol. The van der Waals surface area contributed by atoms with Crippen molar-refractivity contribution in [1.29, 1.82) is 0 Å². The van der Waals surface area contributed by atoms with E-state index < -0.39 is 29.3 Å². The maximum atomic E-state index is 13.9. The van der Waals surface area contributed by atoms with Crippen LogP contribution in [0.1, 0.15) is 23.8 Å². The van der Waals surface area contributed by atoms with E-state index in [2.05, 4.69) is 4.90 Å². The molecule has 1 amide bonds. The number of likely N-dealkylation sites (tertiary alicyclic amines) is 1. The van der Waals surface area contributed by atoms with Gasteiger partial charge in [-0.1, -0.05) is 0 Å². The second kappa shape index (κ2) is 9.54. The smallest absolute Gasteiger partial charge is 0.295 e. The third-order valence-electron chi connectivity index (χ3n) is 5.75. The molecular weight excluding hydrogens is 419 g/mol. The van der Waals surface area contributed by atoms with Crippen molar-refractivity contribution in [2.75, 3.05) is 46.5 Å². The zero-order chi connectivity index (χ0) is 22.7. The summed E-state index contributed by atoms with van der Waals surface area (Å²) in [6.45, 7) is 4.03. The molecule has 0 saturated carbocycles. The van der Waals surface area contributed by atoms with Crippen LogP contribution in [0.2, 0.25) is 0 Å². The Hall–Kier alpha value is -3.17. The van der Waals surface area contributed by atoms with Gasteiger partial charge in [0.15, 0.2) is 0 Å². The van der Waals surface area contributed by atoms with Crippen LogP contribution in [0, 0.1) is 5.82 Å². The number of aliphatic hydroxyl groups is 1. The third kappa shape index (κ3) is 4.26. The Morgan fingerprint density at radius 3 is 2.69 bits per heavy atom. The summed E-state index contributed by atoms with van der Waals surface area (Å²) in [5.41, 5.74) is -0.157. The van der Waals surface area contributed by atoms with Crippen LogP contribution in [0.3, 0.4) is 0 Å². The lowest BCUT2D eigenvalue weighted by molar-refractivity contribution is -0.140. The zero-order valence-corrected chi connectivity index (χ0v) is 17.8. The first kappa shape index (κ1) is 22.0. The monoisotopic (exact) mass is 444 g/mol. The van der Waals surface area contributed by atoms with Crippen LogP contribution in [0.5, 0.6) is 5.75 Å². The van der Waals surface area contributed by atoms with Crippen LogP contribution in [-0.2, 0) is 14.3 Å². The number of hydrogen-bond donors (Lipinski definition) is 1. The Bertz CT molecular complexity index is 1010. The third-order valence-corrected chi connectivity index (χ3v) is 5.75. The van der Waals surface area contributed by atoms with Gasteiger partial charge in [-0.25, -0.2) is 4.39 Å². The van der Waals surface area contributed by atoms with Gasteiger partial charge in [-0.05, 0) is 36.8 Å². The SMILES string of the molecule is COc1ccc(F)cc1/C(O)=C1\C(=O)C(=O)N(CCCN2CCOCC2)C1c1ccco1. The minimum atomic E-state index is -0.914. The summed E-state index contributed by atoms with van der Waals surface area (Å²) in [4.78, 5) is 29.5. The largest absolute Gasteiger partial charge is 0.507 e. The van der Waals surface area contributed by atoms with Crippen LogP contribution in [-0.4, -0.2) is 73.1 Å². The lowest BCUT2D eigenvalue weighted by atomic mass is 9.98. The number of morpholine rings is 1. The second-order valence-electron chi connectivity index (χ2n) is 7.66. The molecule has 0 bridgehead atoms. The number of rotatable bonds is 7. The van der Waals surface area contributed by atoms with Crippen LogP contribution in [0.25, 0.3) is 5.76 Å². The number of carbonyl (C=O) groups is 2. The zero-order valence-electron chi connectivity index (χ0n) is 17.8. The summed E-state index contributed by atoms with van der Waals surface area (Å²) in [6.07, 6.45) is 2.07. The fourth-order valence-electron chi connectivity index (χ4n) is 4.15. The number of Topliss-reactive ketones (excluding diaryl/α,β-unsaturated/α-hetero) is 1. The highest BCUT2D eigenvalue weighted by molar-refractivity contribution is 6.46. The highest BCUT2D eigenvalue weighted by Crippen LogP contribution is 2.41. The number of ketones is 1. The lowest BCUT2D eigenvalue weighted by Gasteiger charge is -2.28. The van der Waals surface area contributed by atoms with Crippen molar-refractivity contribution in [3.8, 4) is 5.75 Å². The first-order valence-electron chi connectivity index (χ1n) is 10.5. The molecule has 0 radical (unpaired) electrons. The van der Waals surface area contributed by atoms with Crippen LogP contribution in [0.4, 0.5) is 4.39 Å². The van der Waals surface area contributed by atoms with Gasteiger partial charge in [-0.3, -0.25) is 14.5 Å². The van der Waals surface area contributed by atoms with E-state index in [1.807, 2.05) is 0 Å². The maximum Gasteiger partial charge on any atom is 0.295 e. The van der Waals surface area contributed by atoms with E-state index >= 15 is 0 Å². The molecule has 170 valence electrons. The number of carbonyl (C=O) groups excluding carboxylic acids is 2. The number of halogens is 1. The molecule has 4 rings (SSSR count). The number of aliphatic hydroxyl groups excluding tert-OH is 1. The molecule has 2 saturated heterocycles. The first-order valence-corrected chi connectivity index (χ1v) is 10.5. The topological polar surface area (TPSA) is 92.5 Å². The van der Waals surface area contributed by atoms with Crippen molar-refractivity contribution >= 4 is 17.4 Å². The molecule has 32 heavy (non-hydrogen) atoms. The van der Waals surface area contributed by atoms with Crippen molar-refractivity contribution in [2.45, 2.75) is 12.5 Å². The van der Waals surface area contributed by atoms with Crippen molar-refractivity contribution in [2.24, 2.45) is 0 Å². The second-order valence-corrected chi connectivity index (χ2v) is 7.66. The normalized spacial score (nSPS) is 21.3. The molecule has 8 nitrogen and oxygen atoms in total. The molecule has 1 unspecified atom stereocenters. The van der Waals surface area contributed by atoms with Gasteiger partial charge >= 0.3 is 0 Å². The Morgan fingerprint density at radius 2 is 2.00 bits per heavy atom. The van der Waals surface area contributed by atoms with Crippen LogP contribution in [0.15, 0.2) is 46.6 Å². The maximum absolute atomic E-state index is 13.9. The van der Waals surface area contributed by atoms with E-state index in [1.165, 1.54) is 30.4 Å². The number of ether oxygens (including phenoxy) is 2. The standard InChI is InChI=1S/C23H25FN2O6/c1-30-17-6-5-15(24)14-16(17)21(27)19-20(18-4-2-11-32-18)26(23(29)22(19)28)8-3-7-25-9-12-31-13-10-25/h2,4-6,11,14,20,27H,3,7-10,12-13H2,1H3/b21-19+. The van der Waals surface area contributed by atoms with Crippen molar-refractivity contribution in [3.05, 3.63) is 59.3 Å². The summed E-state index contributed by atoms with van der Waals surface area (Å²) in [7, 11) is 1.37. The number of methoxy groups -OCH3 is 1. The fourth-order valence-corrected chi connectivity index (χ4v) is 4.15. The van der Waals surface area contributed by atoms with Gasteiger partial charge in [0, 0.05) is 26.2 Å². The molecule has 1 aromatic heterocycles. The molecule has 1 aromatic carbocycles. The van der Waals surface area contributed by atoms with E-state index in [0.717, 1.165) is 25.7 Å². The molecule has 2 aromatic rings. The summed E-state index contributed by atoms with van der Waals surface area (Å²) in [5.74, 6) is -2.17. The Balaban J connectivity index is 1.67. The summed E-state index contributed by atoms with van der Waals surface area (Å²) in [6, 6.07) is 5.98. The molecule has 2 fully saturated rings. The molecule has 9 heteroatoms. The van der Waals surface area contributed by atoms with Crippen molar-refractivity contribution in [1.82, 2.24) is 9.80 Å². The summed E-state index contributed by atoms with van der Waals surface area (Å²) in [5, 5.41) is 11.0. The quantitative estimate of drug-likeness (QED) is 0.399. The van der Waals surface area contributed by atoms with E-state index in [1.54, 1.807) is 12.1 Å². The molecule has 0 aliphatic carbocycles. The molecule has 2 aliphatic heterocycles. The highest BCUT2D eigenvalue weighted by atomic mass is 19.1. The molecule has 1 N–H and O–H groups in total. The Morgan fingerprint density at radius 1 is 1.22 bits per heavy atom. The Kier molecular flexibility index (Phi) is 6.57. The summed E-state index contributed by atoms with van der Waals surface area (Å²) >= 11 is 0. The van der Waals surface area contributed by atoms with E-state index in [4.69, 9.17) is 13.9 Å². The molecule has 1 atom stereocenters. The number of amides is 1. The van der Waals surface area contributed by atoms with Gasteiger partial charge in [-0.15, -0.1) is 0 Å². The number of hydrogen-bond acceptors (Lipinski definition) is 7. The van der Waals surface area contributed by atoms with Crippen molar-refractivity contribution < 1.29 is 33.0 Å². The first-order chi connectivity index (χ1) is 15.5. The molecular formula is C23H25FN2O6. The molecule has 3 heterocycles. The minimum Gasteiger partial charge on any atom is -0.507 e. The summed E-state index contributed by atoms with van der Waals surface area (Å²) < 4.78 is 30.0. The average Bonchev–Trinajstić information content (AvgIpc) is 3.42.